The largest absolute Gasteiger partial charge is 0.497 e. The molecule has 0 bridgehead atoms. The second-order valence-corrected chi connectivity index (χ2v) is 12.5. The van der Waals surface area contributed by atoms with Gasteiger partial charge in [-0.2, -0.15) is 0 Å². The molecule has 10 heteroatoms. The third-order valence-electron chi connectivity index (χ3n) is 7.06. The zero-order valence-corrected chi connectivity index (χ0v) is 28.5. The minimum atomic E-state index is -0.601. The summed E-state index contributed by atoms with van der Waals surface area (Å²) in [5.74, 6) is -0.0492. The number of carbonyl (C=O) groups excluding carboxylic acids is 3. The van der Waals surface area contributed by atoms with E-state index in [1.54, 1.807) is 67.8 Å². The molecule has 5 rings (SSSR count). The van der Waals surface area contributed by atoms with Crippen LogP contribution in [0.25, 0.3) is 6.08 Å². The van der Waals surface area contributed by atoms with Gasteiger partial charge in [-0.05, 0) is 77.9 Å². The Hall–Kier alpha value is -5.32. The van der Waals surface area contributed by atoms with Gasteiger partial charge in [-0.1, -0.05) is 76.6 Å². The first-order valence-electron chi connectivity index (χ1n) is 14.8. The van der Waals surface area contributed by atoms with Crippen LogP contribution in [0.15, 0.2) is 142 Å². The lowest BCUT2D eigenvalue weighted by Crippen LogP contribution is -2.30. The van der Waals surface area contributed by atoms with Gasteiger partial charge in [0.25, 0.3) is 11.8 Å². The zero-order valence-electron chi connectivity index (χ0n) is 26.1. The molecule has 1 atom stereocenters. The van der Waals surface area contributed by atoms with E-state index in [2.05, 4.69) is 31.9 Å². The quantitative estimate of drug-likeness (QED) is 0.0884. The van der Waals surface area contributed by atoms with Gasteiger partial charge in [0.05, 0.1) is 19.9 Å². The Balaban J connectivity index is 1.34. The Bertz CT molecular complexity index is 1920. The van der Waals surface area contributed by atoms with Gasteiger partial charge in [-0.3, -0.25) is 14.4 Å². The number of methoxy groups -OCH3 is 2. The molecular formula is C38H32BrN3O5S. The van der Waals surface area contributed by atoms with Gasteiger partial charge in [0, 0.05) is 26.7 Å². The number of halogens is 1. The molecule has 242 valence electrons. The summed E-state index contributed by atoms with van der Waals surface area (Å²) < 4.78 is 11.6. The molecule has 5 aromatic carbocycles. The van der Waals surface area contributed by atoms with Gasteiger partial charge in [0.1, 0.15) is 22.4 Å². The van der Waals surface area contributed by atoms with Crippen LogP contribution < -0.4 is 25.4 Å². The highest BCUT2D eigenvalue weighted by Crippen LogP contribution is 2.38. The van der Waals surface area contributed by atoms with Crippen LogP contribution in [0.2, 0.25) is 0 Å². The molecule has 0 spiro atoms. The van der Waals surface area contributed by atoms with Crippen molar-refractivity contribution in [3.8, 4) is 11.5 Å². The van der Waals surface area contributed by atoms with Crippen molar-refractivity contribution in [3.63, 3.8) is 0 Å². The average Bonchev–Trinajstić information content (AvgIpc) is 3.11. The highest BCUT2D eigenvalue weighted by molar-refractivity contribution is 9.10. The Morgan fingerprint density at radius 3 is 2.12 bits per heavy atom. The van der Waals surface area contributed by atoms with Crippen molar-refractivity contribution in [2.75, 3.05) is 24.9 Å². The number of benzene rings is 5. The molecule has 0 radical (unpaired) electrons. The molecule has 8 nitrogen and oxygen atoms in total. The third kappa shape index (κ3) is 9.15. The molecule has 1 unspecified atom stereocenters. The number of ether oxygens (including phenoxy) is 2. The molecule has 0 heterocycles. The predicted octanol–water partition coefficient (Wildman–Crippen LogP) is 8.35. The third-order valence-corrected chi connectivity index (χ3v) is 8.82. The summed E-state index contributed by atoms with van der Waals surface area (Å²) >= 11 is 4.82. The molecular weight excluding hydrogens is 690 g/mol. The minimum Gasteiger partial charge on any atom is -0.497 e. The molecule has 0 aliphatic carbocycles. The van der Waals surface area contributed by atoms with Crippen molar-refractivity contribution < 1.29 is 23.9 Å². The summed E-state index contributed by atoms with van der Waals surface area (Å²) in [6, 6.07) is 37.9. The smallest absolute Gasteiger partial charge is 0.272 e. The summed E-state index contributed by atoms with van der Waals surface area (Å²) in [6.07, 6.45) is 1.62. The highest BCUT2D eigenvalue weighted by Gasteiger charge is 2.24. The van der Waals surface area contributed by atoms with E-state index in [9.17, 15) is 14.4 Å². The van der Waals surface area contributed by atoms with E-state index < -0.39 is 17.1 Å². The summed E-state index contributed by atoms with van der Waals surface area (Å²) in [5.41, 5.74) is 3.05. The average molecular weight is 723 g/mol. The van der Waals surface area contributed by atoms with Crippen LogP contribution in [-0.2, 0) is 9.59 Å². The second kappa shape index (κ2) is 16.5. The predicted molar refractivity (Wildman–Crippen MR) is 194 cm³/mol. The van der Waals surface area contributed by atoms with Crippen molar-refractivity contribution in [1.82, 2.24) is 5.32 Å². The van der Waals surface area contributed by atoms with Crippen LogP contribution in [0.3, 0.4) is 0 Å². The van der Waals surface area contributed by atoms with Crippen LogP contribution in [-0.4, -0.2) is 31.9 Å². The van der Waals surface area contributed by atoms with E-state index in [1.807, 2.05) is 72.8 Å². The molecule has 3 amide bonds. The van der Waals surface area contributed by atoms with Gasteiger partial charge in [0.2, 0.25) is 5.91 Å². The van der Waals surface area contributed by atoms with Crippen LogP contribution in [0.1, 0.15) is 26.7 Å². The number of thioether (sulfide) groups is 1. The Morgan fingerprint density at radius 1 is 0.750 bits per heavy atom. The monoisotopic (exact) mass is 721 g/mol. The normalized spacial score (nSPS) is 11.6. The maximum absolute atomic E-state index is 13.7. The van der Waals surface area contributed by atoms with Gasteiger partial charge in [-0.25, -0.2) is 0 Å². The van der Waals surface area contributed by atoms with Crippen molar-refractivity contribution in [2.45, 2.75) is 10.1 Å². The lowest BCUT2D eigenvalue weighted by atomic mass is 10.1. The van der Waals surface area contributed by atoms with Crippen molar-refractivity contribution in [1.29, 1.82) is 0 Å². The number of nitrogens with one attached hydrogen (secondary N) is 3. The van der Waals surface area contributed by atoms with E-state index in [0.29, 0.717) is 28.4 Å². The Labute approximate surface area is 291 Å². The molecule has 0 aliphatic heterocycles. The van der Waals surface area contributed by atoms with E-state index in [4.69, 9.17) is 9.47 Å². The summed E-state index contributed by atoms with van der Waals surface area (Å²) in [6.45, 7) is 0. The maximum Gasteiger partial charge on any atom is 0.272 e. The zero-order chi connectivity index (χ0) is 33.9. The van der Waals surface area contributed by atoms with E-state index >= 15 is 0 Å². The van der Waals surface area contributed by atoms with Gasteiger partial charge in [-0.15, -0.1) is 11.8 Å². The number of anilines is 2. The second-order valence-electron chi connectivity index (χ2n) is 10.4. The van der Waals surface area contributed by atoms with Crippen molar-refractivity contribution in [3.05, 3.63) is 154 Å². The van der Waals surface area contributed by atoms with Gasteiger partial charge >= 0.3 is 0 Å². The highest BCUT2D eigenvalue weighted by atomic mass is 79.9. The molecule has 0 saturated carbocycles. The number of rotatable bonds is 12. The molecule has 0 aromatic heterocycles. The topological polar surface area (TPSA) is 106 Å². The van der Waals surface area contributed by atoms with E-state index in [1.165, 1.54) is 18.9 Å². The molecule has 5 aromatic rings. The molecule has 3 N–H and O–H groups in total. The lowest BCUT2D eigenvalue weighted by molar-refractivity contribution is -0.116. The van der Waals surface area contributed by atoms with Crippen molar-refractivity contribution >= 4 is 62.9 Å². The van der Waals surface area contributed by atoms with Crippen molar-refractivity contribution in [2.24, 2.45) is 0 Å². The van der Waals surface area contributed by atoms with Crippen LogP contribution in [0.4, 0.5) is 11.4 Å². The number of hydrogen-bond donors (Lipinski definition) is 3. The summed E-state index contributed by atoms with van der Waals surface area (Å²) in [5, 5.41) is 8.02. The maximum atomic E-state index is 13.7. The SMILES string of the molecule is COc1ccc(OC)c(NC(=O)C(Sc2ccc(NC(=O)/C(=C/c3cccc(Br)c3)NC(=O)c3ccccc3)cc2)c2ccccc2)c1. The first kappa shape index (κ1) is 34.0. The molecule has 0 aliphatic rings. The number of carbonyl (C=O) groups is 3. The summed E-state index contributed by atoms with van der Waals surface area (Å²) in [4.78, 5) is 41.0. The first-order valence-corrected chi connectivity index (χ1v) is 16.5. The molecule has 0 saturated heterocycles. The Morgan fingerprint density at radius 2 is 1.46 bits per heavy atom. The van der Waals surface area contributed by atoms with Gasteiger partial charge in [0.15, 0.2) is 0 Å². The fourth-order valence-corrected chi connectivity index (χ4v) is 6.11. The fourth-order valence-electron chi connectivity index (χ4n) is 4.67. The van der Waals surface area contributed by atoms with Crippen LogP contribution in [0.5, 0.6) is 11.5 Å². The van der Waals surface area contributed by atoms with Crippen LogP contribution >= 0.6 is 27.7 Å². The lowest BCUT2D eigenvalue weighted by Gasteiger charge is -2.19. The molecule has 0 fully saturated rings. The van der Waals surface area contributed by atoms with E-state index in [0.717, 1.165) is 20.5 Å². The number of amides is 3. The Kier molecular flexibility index (Phi) is 11.7. The molecule has 48 heavy (non-hydrogen) atoms. The van der Waals surface area contributed by atoms with Gasteiger partial charge < -0.3 is 25.4 Å². The van der Waals surface area contributed by atoms with E-state index in [-0.39, 0.29) is 11.6 Å². The number of hydrogen-bond acceptors (Lipinski definition) is 6. The summed E-state index contributed by atoms with van der Waals surface area (Å²) in [7, 11) is 3.10. The minimum absolute atomic E-state index is 0.0780. The first-order chi connectivity index (χ1) is 23.3. The standard InChI is InChI=1S/C38H32BrN3O5S/c1-46-30-18-21-34(47-2)32(24-30)41-38(45)35(26-11-5-3-6-12-26)48-31-19-16-29(17-20-31)40-37(44)33(23-25-10-9-15-28(39)22-25)42-36(43)27-13-7-4-8-14-27/h3-24,35H,1-2H3,(H,40,44)(H,41,45)(H,42,43)/b33-23-. The fraction of sp³-hybridized carbons (Fsp3) is 0.0789. The van der Waals surface area contributed by atoms with Crippen LogP contribution in [0, 0.1) is 0 Å².